The summed E-state index contributed by atoms with van der Waals surface area (Å²) in [7, 11) is 0. The molecule has 0 fully saturated rings. The molecule has 2 aromatic heterocycles. The lowest BCUT2D eigenvalue weighted by Crippen LogP contribution is -1.97. The monoisotopic (exact) mass is 217 g/mol. The summed E-state index contributed by atoms with van der Waals surface area (Å²) in [5.41, 5.74) is 2.14. The Kier molecular flexibility index (Phi) is 3.05. The second kappa shape index (κ2) is 4.65. The fourth-order valence-corrected chi connectivity index (χ4v) is 1.40. The van der Waals surface area contributed by atoms with Gasteiger partial charge in [0, 0.05) is 37.2 Å². The number of nitrogens with one attached hydrogen (secondary N) is 1. The molecule has 0 atom stereocenters. The van der Waals surface area contributed by atoms with Crippen LogP contribution in [0.3, 0.4) is 0 Å². The van der Waals surface area contributed by atoms with Crippen molar-refractivity contribution < 1.29 is 0 Å². The molecular formula is C11H15N5. The fourth-order valence-electron chi connectivity index (χ4n) is 1.40. The van der Waals surface area contributed by atoms with Gasteiger partial charge in [-0.25, -0.2) is 4.68 Å². The van der Waals surface area contributed by atoms with Gasteiger partial charge in [-0.1, -0.05) is 6.58 Å². The Morgan fingerprint density at radius 3 is 2.88 bits per heavy atom. The van der Waals surface area contributed by atoms with E-state index in [4.69, 9.17) is 0 Å². The van der Waals surface area contributed by atoms with Crippen LogP contribution in [0.4, 0.5) is 5.69 Å². The van der Waals surface area contributed by atoms with Crippen molar-refractivity contribution in [2.75, 3.05) is 5.32 Å². The number of anilines is 1. The van der Waals surface area contributed by atoms with Crippen molar-refractivity contribution in [1.29, 1.82) is 0 Å². The van der Waals surface area contributed by atoms with Crippen LogP contribution in [0.5, 0.6) is 0 Å². The maximum absolute atomic E-state index is 4.19. The van der Waals surface area contributed by atoms with Gasteiger partial charge in [0.15, 0.2) is 0 Å². The van der Waals surface area contributed by atoms with Gasteiger partial charge in [-0.15, -0.1) is 0 Å². The predicted molar refractivity (Wildman–Crippen MR) is 63.8 cm³/mol. The van der Waals surface area contributed by atoms with E-state index in [9.17, 15) is 0 Å². The first-order valence-corrected chi connectivity index (χ1v) is 5.23. The van der Waals surface area contributed by atoms with Crippen LogP contribution in [0, 0.1) is 0 Å². The number of aryl methyl sites for hydroxylation is 1. The van der Waals surface area contributed by atoms with Crippen LogP contribution in [0.2, 0.25) is 0 Å². The molecule has 2 rings (SSSR count). The number of nitrogens with zero attached hydrogens (tertiary/aromatic N) is 4. The largest absolute Gasteiger partial charge is 0.378 e. The average Bonchev–Trinajstić information content (AvgIpc) is 2.95. The van der Waals surface area contributed by atoms with E-state index in [1.807, 2.05) is 29.5 Å². The van der Waals surface area contributed by atoms with Gasteiger partial charge < -0.3 is 5.32 Å². The van der Waals surface area contributed by atoms with Crippen LogP contribution < -0.4 is 5.32 Å². The zero-order valence-electron chi connectivity index (χ0n) is 9.30. The zero-order chi connectivity index (χ0) is 11.4. The second-order valence-electron chi connectivity index (χ2n) is 3.45. The Labute approximate surface area is 94.4 Å². The maximum Gasteiger partial charge on any atom is 0.0729 e. The van der Waals surface area contributed by atoms with Crippen molar-refractivity contribution in [3.05, 3.63) is 36.9 Å². The van der Waals surface area contributed by atoms with Gasteiger partial charge in [0.2, 0.25) is 0 Å². The summed E-state index contributed by atoms with van der Waals surface area (Å²) in [5, 5.41) is 11.6. The smallest absolute Gasteiger partial charge is 0.0729 e. The lowest BCUT2D eigenvalue weighted by Gasteiger charge is -1.99. The molecule has 0 spiro atoms. The molecule has 2 aromatic rings. The Bertz CT molecular complexity index is 468. The highest BCUT2D eigenvalue weighted by Crippen LogP contribution is 2.07. The predicted octanol–water partition coefficient (Wildman–Crippen LogP) is 1.81. The average molecular weight is 217 g/mol. The topological polar surface area (TPSA) is 47.7 Å². The summed E-state index contributed by atoms with van der Waals surface area (Å²) in [6.07, 6.45) is 9.22. The summed E-state index contributed by atoms with van der Waals surface area (Å²) in [6, 6.07) is 0. The van der Waals surface area contributed by atoms with E-state index in [0.717, 1.165) is 24.3 Å². The minimum absolute atomic E-state index is 0.739. The highest BCUT2D eigenvalue weighted by molar-refractivity contribution is 5.38. The molecule has 2 heterocycles. The van der Waals surface area contributed by atoms with E-state index >= 15 is 0 Å². The summed E-state index contributed by atoms with van der Waals surface area (Å²) in [4.78, 5) is 0. The molecule has 0 unspecified atom stereocenters. The van der Waals surface area contributed by atoms with Crippen LogP contribution in [-0.4, -0.2) is 19.6 Å². The molecule has 0 aromatic carbocycles. The van der Waals surface area contributed by atoms with Crippen molar-refractivity contribution in [2.24, 2.45) is 0 Å². The molecule has 5 heteroatoms. The summed E-state index contributed by atoms with van der Waals surface area (Å²) in [5.74, 6) is 0. The summed E-state index contributed by atoms with van der Waals surface area (Å²) < 4.78 is 3.57. The third-order valence-electron chi connectivity index (χ3n) is 2.30. The molecule has 1 N–H and O–H groups in total. The molecular weight excluding hydrogens is 202 g/mol. The van der Waals surface area contributed by atoms with E-state index in [2.05, 4.69) is 29.0 Å². The Morgan fingerprint density at radius 2 is 2.25 bits per heavy atom. The van der Waals surface area contributed by atoms with E-state index in [1.54, 1.807) is 10.9 Å². The summed E-state index contributed by atoms with van der Waals surface area (Å²) in [6.45, 7) is 7.33. The molecule has 5 nitrogen and oxygen atoms in total. The quantitative estimate of drug-likeness (QED) is 0.831. The lowest BCUT2D eigenvalue weighted by molar-refractivity contribution is 0.660. The summed E-state index contributed by atoms with van der Waals surface area (Å²) >= 11 is 0. The van der Waals surface area contributed by atoms with Crippen molar-refractivity contribution in [2.45, 2.75) is 20.0 Å². The van der Waals surface area contributed by atoms with E-state index in [-0.39, 0.29) is 0 Å². The maximum atomic E-state index is 4.19. The molecule has 0 bridgehead atoms. The first-order chi connectivity index (χ1) is 7.81. The van der Waals surface area contributed by atoms with Gasteiger partial charge in [0.25, 0.3) is 0 Å². The molecule has 0 aliphatic heterocycles. The molecule has 0 amide bonds. The van der Waals surface area contributed by atoms with Crippen molar-refractivity contribution >= 4 is 11.9 Å². The van der Waals surface area contributed by atoms with Gasteiger partial charge in [-0.3, -0.25) is 4.68 Å². The van der Waals surface area contributed by atoms with Crippen LogP contribution in [0.25, 0.3) is 6.20 Å². The first kappa shape index (κ1) is 10.5. The van der Waals surface area contributed by atoms with E-state index in [1.165, 1.54) is 0 Å². The molecule has 0 saturated heterocycles. The fraction of sp³-hybridized carbons (Fsp3) is 0.273. The Morgan fingerprint density at radius 1 is 1.38 bits per heavy atom. The third kappa shape index (κ3) is 2.31. The first-order valence-electron chi connectivity index (χ1n) is 5.23. The molecule has 0 radical (unpaired) electrons. The SMILES string of the molecule is C=Cn1cc(CNc2cnn(CC)c2)cn1. The van der Waals surface area contributed by atoms with E-state index < -0.39 is 0 Å². The highest BCUT2D eigenvalue weighted by Gasteiger charge is 1.99. The Hall–Kier alpha value is -2.04. The minimum Gasteiger partial charge on any atom is -0.378 e. The van der Waals surface area contributed by atoms with Crippen LogP contribution in [0.15, 0.2) is 31.4 Å². The molecule has 0 saturated carbocycles. The minimum atomic E-state index is 0.739. The molecule has 84 valence electrons. The highest BCUT2D eigenvalue weighted by atomic mass is 15.3. The van der Waals surface area contributed by atoms with Gasteiger partial charge in [-0.2, -0.15) is 10.2 Å². The normalized spacial score (nSPS) is 10.3. The second-order valence-corrected chi connectivity index (χ2v) is 3.45. The Balaban J connectivity index is 1.93. The number of hydrogen-bond acceptors (Lipinski definition) is 3. The van der Waals surface area contributed by atoms with E-state index in [0.29, 0.717) is 0 Å². The zero-order valence-corrected chi connectivity index (χ0v) is 9.30. The molecule has 16 heavy (non-hydrogen) atoms. The molecule has 0 aliphatic rings. The van der Waals surface area contributed by atoms with Crippen molar-refractivity contribution in [1.82, 2.24) is 19.6 Å². The van der Waals surface area contributed by atoms with Gasteiger partial charge in [-0.05, 0) is 6.92 Å². The molecule has 0 aliphatic carbocycles. The standard InChI is InChI=1S/C11H15N5/c1-3-15-8-10(6-13-15)5-12-11-7-14-16(4-2)9-11/h3,6-9,12H,1,4-5H2,2H3. The van der Waals surface area contributed by atoms with Gasteiger partial charge in [0.05, 0.1) is 18.1 Å². The van der Waals surface area contributed by atoms with Crippen molar-refractivity contribution in [3.8, 4) is 0 Å². The van der Waals surface area contributed by atoms with Crippen molar-refractivity contribution in [3.63, 3.8) is 0 Å². The number of aromatic nitrogens is 4. The van der Waals surface area contributed by atoms with Crippen LogP contribution in [0.1, 0.15) is 12.5 Å². The third-order valence-corrected chi connectivity index (χ3v) is 2.30. The van der Waals surface area contributed by atoms with Crippen LogP contribution in [-0.2, 0) is 13.1 Å². The lowest BCUT2D eigenvalue weighted by atomic mass is 10.3. The van der Waals surface area contributed by atoms with Crippen LogP contribution >= 0.6 is 0 Å². The van der Waals surface area contributed by atoms with Gasteiger partial charge >= 0.3 is 0 Å². The van der Waals surface area contributed by atoms with Gasteiger partial charge in [0.1, 0.15) is 0 Å². The number of hydrogen-bond donors (Lipinski definition) is 1. The number of rotatable bonds is 5.